The molecule has 0 spiro atoms. The summed E-state index contributed by atoms with van der Waals surface area (Å²) >= 11 is 0. The number of nitrogens with one attached hydrogen (secondary N) is 1. The second-order valence-corrected chi connectivity index (χ2v) is 8.26. The molecule has 0 aromatic heterocycles. The van der Waals surface area contributed by atoms with Crippen molar-refractivity contribution in [3.8, 4) is 6.07 Å². The molecule has 0 bridgehead atoms. The van der Waals surface area contributed by atoms with E-state index in [1.54, 1.807) is 18.2 Å². The number of ether oxygens (including phenoxy) is 1. The van der Waals surface area contributed by atoms with Crippen molar-refractivity contribution in [1.82, 2.24) is 0 Å². The lowest BCUT2D eigenvalue weighted by Crippen LogP contribution is -2.48. The fourth-order valence-electron chi connectivity index (χ4n) is 2.75. The highest BCUT2D eigenvalue weighted by Gasteiger charge is 2.42. The van der Waals surface area contributed by atoms with Crippen LogP contribution in [0.15, 0.2) is 18.2 Å². The summed E-state index contributed by atoms with van der Waals surface area (Å²) in [5.41, 5.74) is 1.35. The number of sulfone groups is 1. The van der Waals surface area contributed by atoms with Gasteiger partial charge in [0, 0.05) is 37.3 Å². The standard InChI is InChI=1S/C16H20N2O4S/c1-12(19)14-4-3-13(10-17)9-15(14)18-11-16(23(2,20)21)5-7-22-8-6-16/h3-4,9,18H,5-8,11H2,1-2H3. The van der Waals surface area contributed by atoms with E-state index in [2.05, 4.69) is 5.32 Å². The summed E-state index contributed by atoms with van der Waals surface area (Å²) in [6, 6.07) is 6.75. The van der Waals surface area contributed by atoms with Gasteiger partial charge in [0.2, 0.25) is 0 Å². The average molecular weight is 336 g/mol. The zero-order valence-corrected chi connectivity index (χ0v) is 14.1. The fraction of sp³-hybridized carbons (Fsp3) is 0.500. The number of ketones is 1. The largest absolute Gasteiger partial charge is 0.383 e. The zero-order chi connectivity index (χ0) is 17.1. The maximum absolute atomic E-state index is 12.3. The van der Waals surface area contributed by atoms with Crippen molar-refractivity contribution in [3.63, 3.8) is 0 Å². The van der Waals surface area contributed by atoms with E-state index in [4.69, 9.17) is 10.00 Å². The Kier molecular flexibility index (Phi) is 5.07. The molecule has 0 unspecified atom stereocenters. The molecule has 0 atom stereocenters. The predicted molar refractivity (Wildman–Crippen MR) is 87.3 cm³/mol. The highest BCUT2D eigenvalue weighted by Crippen LogP contribution is 2.30. The number of anilines is 1. The summed E-state index contributed by atoms with van der Waals surface area (Å²) in [7, 11) is -3.30. The van der Waals surface area contributed by atoms with Crippen LogP contribution in [0.2, 0.25) is 0 Å². The van der Waals surface area contributed by atoms with Gasteiger partial charge >= 0.3 is 0 Å². The van der Waals surface area contributed by atoms with Gasteiger partial charge in [-0.3, -0.25) is 4.79 Å². The van der Waals surface area contributed by atoms with Crippen molar-refractivity contribution in [3.05, 3.63) is 29.3 Å². The molecule has 0 amide bonds. The van der Waals surface area contributed by atoms with Crippen molar-refractivity contribution in [2.24, 2.45) is 0 Å². The van der Waals surface area contributed by atoms with Gasteiger partial charge in [-0.25, -0.2) is 8.42 Å². The number of benzene rings is 1. The van der Waals surface area contributed by atoms with Crippen molar-refractivity contribution in [2.75, 3.05) is 31.3 Å². The molecule has 6 nitrogen and oxygen atoms in total. The molecule has 2 rings (SSSR count). The second-order valence-electron chi connectivity index (χ2n) is 5.85. The van der Waals surface area contributed by atoms with Gasteiger partial charge in [-0.15, -0.1) is 0 Å². The third-order valence-corrected chi connectivity index (χ3v) is 6.45. The number of hydrogen-bond donors (Lipinski definition) is 1. The van der Waals surface area contributed by atoms with Gasteiger partial charge in [0.15, 0.2) is 15.6 Å². The van der Waals surface area contributed by atoms with Crippen LogP contribution in [0.25, 0.3) is 0 Å². The molecular weight excluding hydrogens is 316 g/mol. The second kappa shape index (κ2) is 6.69. The molecule has 124 valence electrons. The normalized spacial score (nSPS) is 17.3. The van der Waals surface area contributed by atoms with Gasteiger partial charge in [0.1, 0.15) is 0 Å². The number of hydrogen-bond acceptors (Lipinski definition) is 6. The van der Waals surface area contributed by atoms with Crippen LogP contribution in [0.1, 0.15) is 35.7 Å². The minimum atomic E-state index is -3.30. The number of nitrogens with zero attached hydrogens (tertiary/aromatic N) is 1. The monoisotopic (exact) mass is 336 g/mol. The molecule has 1 N–H and O–H groups in total. The Balaban J connectivity index is 2.31. The van der Waals surface area contributed by atoms with E-state index in [-0.39, 0.29) is 12.3 Å². The van der Waals surface area contributed by atoms with Crippen molar-refractivity contribution < 1.29 is 17.9 Å². The molecule has 1 saturated heterocycles. The Morgan fingerprint density at radius 1 is 1.39 bits per heavy atom. The number of Topliss-reactive ketones (excluding diaryl/α,β-unsaturated/α-hetero) is 1. The van der Waals surface area contributed by atoms with Gasteiger partial charge < -0.3 is 10.1 Å². The number of nitriles is 1. The highest BCUT2D eigenvalue weighted by molar-refractivity contribution is 7.92. The third-order valence-electron chi connectivity index (χ3n) is 4.32. The average Bonchev–Trinajstić information content (AvgIpc) is 2.52. The van der Waals surface area contributed by atoms with E-state index >= 15 is 0 Å². The van der Waals surface area contributed by atoms with E-state index in [1.807, 2.05) is 6.07 Å². The minimum Gasteiger partial charge on any atom is -0.383 e. The predicted octanol–water partition coefficient (Wildman–Crippen LogP) is 1.77. The van der Waals surface area contributed by atoms with Gasteiger partial charge in [-0.2, -0.15) is 5.26 Å². The molecule has 1 fully saturated rings. The molecule has 1 aliphatic rings. The van der Waals surface area contributed by atoms with E-state index in [1.165, 1.54) is 13.2 Å². The lowest BCUT2D eigenvalue weighted by atomic mass is 9.98. The van der Waals surface area contributed by atoms with E-state index < -0.39 is 14.6 Å². The van der Waals surface area contributed by atoms with Gasteiger partial charge in [0.05, 0.1) is 16.4 Å². The molecular formula is C16H20N2O4S. The third kappa shape index (κ3) is 3.71. The topological polar surface area (TPSA) is 96.3 Å². The van der Waals surface area contributed by atoms with Gasteiger partial charge in [-0.05, 0) is 38.0 Å². The summed E-state index contributed by atoms with van der Waals surface area (Å²) < 4.78 is 28.9. The SMILES string of the molecule is CC(=O)c1ccc(C#N)cc1NCC1(S(C)(=O)=O)CCOCC1. The first-order valence-electron chi connectivity index (χ1n) is 7.35. The molecule has 7 heteroatoms. The highest BCUT2D eigenvalue weighted by atomic mass is 32.2. The summed E-state index contributed by atoms with van der Waals surface area (Å²) in [4.78, 5) is 11.7. The van der Waals surface area contributed by atoms with E-state index in [0.29, 0.717) is 42.9 Å². The molecule has 0 aliphatic carbocycles. The molecule has 23 heavy (non-hydrogen) atoms. The van der Waals surface area contributed by atoms with Crippen molar-refractivity contribution >= 4 is 21.3 Å². The number of carbonyl (C=O) groups is 1. The quantitative estimate of drug-likeness (QED) is 0.823. The maximum atomic E-state index is 12.3. The Morgan fingerprint density at radius 2 is 2.04 bits per heavy atom. The van der Waals surface area contributed by atoms with Crippen LogP contribution in [0.5, 0.6) is 0 Å². The Morgan fingerprint density at radius 3 is 2.57 bits per heavy atom. The maximum Gasteiger partial charge on any atom is 0.161 e. The molecule has 0 radical (unpaired) electrons. The first kappa shape index (κ1) is 17.4. The summed E-state index contributed by atoms with van der Waals surface area (Å²) in [5, 5.41) is 12.1. The van der Waals surface area contributed by atoms with Crippen LogP contribution in [-0.2, 0) is 14.6 Å². The van der Waals surface area contributed by atoms with E-state index in [0.717, 1.165) is 0 Å². The smallest absolute Gasteiger partial charge is 0.161 e. The summed E-state index contributed by atoms with van der Waals surface area (Å²) in [6.45, 7) is 2.41. The lowest BCUT2D eigenvalue weighted by Gasteiger charge is -2.35. The molecule has 1 heterocycles. The van der Waals surface area contributed by atoms with Crippen LogP contribution >= 0.6 is 0 Å². The molecule has 1 aromatic rings. The molecule has 0 saturated carbocycles. The Bertz CT molecular complexity index is 744. The summed E-state index contributed by atoms with van der Waals surface area (Å²) in [6.07, 6.45) is 2.05. The number of rotatable bonds is 5. The first-order valence-corrected chi connectivity index (χ1v) is 9.24. The van der Waals surface area contributed by atoms with Crippen molar-refractivity contribution in [2.45, 2.75) is 24.5 Å². The van der Waals surface area contributed by atoms with Gasteiger partial charge in [-0.1, -0.05) is 0 Å². The lowest BCUT2D eigenvalue weighted by molar-refractivity contribution is 0.0776. The minimum absolute atomic E-state index is 0.141. The zero-order valence-electron chi connectivity index (χ0n) is 13.3. The van der Waals surface area contributed by atoms with Crippen LogP contribution in [0.3, 0.4) is 0 Å². The Hall–Kier alpha value is -1.91. The van der Waals surface area contributed by atoms with Crippen LogP contribution in [0.4, 0.5) is 5.69 Å². The van der Waals surface area contributed by atoms with Crippen LogP contribution in [-0.4, -0.2) is 45.0 Å². The molecule has 1 aromatic carbocycles. The van der Waals surface area contributed by atoms with Crippen LogP contribution in [0, 0.1) is 11.3 Å². The van der Waals surface area contributed by atoms with Crippen LogP contribution < -0.4 is 5.32 Å². The summed E-state index contributed by atoms with van der Waals surface area (Å²) in [5.74, 6) is -0.141. The van der Waals surface area contributed by atoms with Crippen molar-refractivity contribution in [1.29, 1.82) is 5.26 Å². The van der Waals surface area contributed by atoms with E-state index in [9.17, 15) is 13.2 Å². The number of carbonyl (C=O) groups excluding carboxylic acids is 1. The Labute approximate surface area is 136 Å². The molecule has 1 aliphatic heterocycles. The van der Waals surface area contributed by atoms with Gasteiger partial charge in [0.25, 0.3) is 0 Å². The first-order chi connectivity index (χ1) is 10.8. The fourth-order valence-corrected chi connectivity index (χ4v) is 3.99.